The third-order valence-corrected chi connectivity index (χ3v) is 10.2. The van der Waals surface area contributed by atoms with Crippen LogP contribution in [0, 0.1) is 11.3 Å². The van der Waals surface area contributed by atoms with Crippen molar-refractivity contribution in [1.82, 2.24) is 19.3 Å². The van der Waals surface area contributed by atoms with Gasteiger partial charge in [-0.1, -0.05) is 44.9 Å². The number of rotatable bonds is 17. The third-order valence-electron chi connectivity index (χ3n) is 7.98. The minimum atomic E-state index is -4.50. The molecule has 0 radical (unpaired) electrons. The summed E-state index contributed by atoms with van der Waals surface area (Å²) in [6.45, 7) is 3.78. The molecule has 16 nitrogen and oxygen atoms in total. The lowest BCUT2D eigenvalue weighted by Gasteiger charge is -2.31. The molecule has 4 rings (SSSR count). The molecule has 0 amide bonds. The van der Waals surface area contributed by atoms with Gasteiger partial charge in [0.1, 0.15) is 61.0 Å². The zero-order valence-corrected chi connectivity index (χ0v) is 28.8. The van der Waals surface area contributed by atoms with Crippen LogP contribution in [-0.4, -0.2) is 85.7 Å². The van der Waals surface area contributed by atoms with Crippen molar-refractivity contribution in [2.45, 2.75) is 70.3 Å². The average molecular weight is 718 g/mol. The number of alkyl halides is 1. The molecule has 3 heterocycles. The van der Waals surface area contributed by atoms with Gasteiger partial charge in [0.15, 0.2) is 5.49 Å². The van der Waals surface area contributed by atoms with Crippen molar-refractivity contribution in [3.8, 4) is 5.75 Å². The molecule has 3 aromatic rings. The Bertz CT molecular complexity index is 1700. The van der Waals surface area contributed by atoms with Crippen LogP contribution in [0.1, 0.15) is 45.4 Å². The van der Waals surface area contributed by atoms with Gasteiger partial charge in [0.2, 0.25) is 0 Å². The highest BCUT2D eigenvalue weighted by Gasteiger charge is 2.57. The van der Waals surface area contributed by atoms with Crippen LogP contribution < -0.4 is 15.1 Å². The molecule has 7 atom stereocenters. The number of aliphatic hydroxyl groups excluding tert-OH is 2. The second-order valence-corrected chi connectivity index (χ2v) is 15.1. The maximum Gasteiger partial charge on any atom is 0.459 e. The summed E-state index contributed by atoms with van der Waals surface area (Å²) < 4.78 is 70.2. The summed E-state index contributed by atoms with van der Waals surface area (Å²) in [5, 5.41) is 37.3. The highest BCUT2D eigenvalue weighted by molar-refractivity contribution is 7.52. The molecule has 1 unspecified atom stereocenters. The van der Waals surface area contributed by atoms with Crippen LogP contribution in [0.2, 0.25) is 0 Å². The molecule has 2 aromatic heterocycles. The standard InChI is InChI=1S/C29H42FN5O11P2/c1-5-20(6-2)14-42-28(38)19(3)33-48(41,46-21-10-8-7-9-11-21)43-16-29(15-30)26(37)24(36)25(45-29)22-12-13-23-27(31)34(17-32-35(22)23)18-44-47(4,39)40/h7-13,17,19-20,24-26,31,36-37H,5-6,14-16,18H2,1-4H3,(H,33,41)(H,39,40)/t19-,24-,25-,26-,29+,48-/m0/s1. The van der Waals surface area contributed by atoms with Gasteiger partial charge in [-0.25, -0.2) is 13.5 Å². The fourth-order valence-electron chi connectivity index (χ4n) is 4.97. The molecule has 48 heavy (non-hydrogen) atoms. The van der Waals surface area contributed by atoms with E-state index in [1.807, 2.05) is 13.8 Å². The number of aromatic nitrogens is 3. The first kappa shape index (κ1) is 37.8. The maximum atomic E-state index is 14.8. The van der Waals surface area contributed by atoms with Gasteiger partial charge < -0.3 is 29.1 Å². The molecule has 19 heteroatoms. The summed E-state index contributed by atoms with van der Waals surface area (Å²) >= 11 is 0. The Hall–Kier alpha value is -2.98. The van der Waals surface area contributed by atoms with Gasteiger partial charge in [0.05, 0.1) is 18.9 Å². The second-order valence-electron chi connectivity index (χ2n) is 11.6. The first-order valence-electron chi connectivity index (χ1n) is 15.3. The van der Waals surface area contributed by atoms with E-state index in [1.54, 1.807) is 18.2 Å². The summed E-state index contributed by atoms with van der Waals surface area (Å²) in [5.74, 6) is -0.469. The van der Waals surface area contributed by atoms with E-state index in [0.29, 0.717) is 0 Å². The van der Waals surface area contributed by atoms with E-state index in [4.69, 9.17) is 28.5 Å². The highest BCUT2D eigenvalue weighted by Crippen LogP contribution is 2.48. The molecule has 1 fully saturated rings. The fourth-order valence-corrected chi connectivity index (χ4v) is 6.86. The summed E-state index contributed by atoms with van der Waals surface area (Å²) in [6.07, 6.45) is -2.27. The molecule has 266 valence electrons. The normalized spacial score (nSPS) is 24.3. The van der Waals surface area contributed by atoms with Crippen molar-refractivity contribution in [2.24, 2.45) is 5.92 Å². The van der Waals surface area contributed by atoms with Crippen LogP contribution in [0.5, 0.6) is 5.75 Å². The van der Waals surface area contributed by atoms with E-state index in [2.05, 4.69) is 10.2 Å². The number of aliphatic hydroxyl groups is 2. The Morgan fingerprint density at radius 2 is 1.85 bits per heavy atom. The van der Waals surface area contributed by atoms with Crippen molar-refractivity contribution in [1.29, 1.82) is 5.41 Å². The number of carbonyl (C=O) groups is 1. The molecule has 5 N–H and O–H groups in total. The first-order valence-corrected chi connectivity index (χ1v) is 18.8. The molecule has 1 aliphatic rings. The minimum Gasteiger partial charge on any atom is -0.464 e. The van der Waals surface area contributed by atoms with E-state index < -0.39 is 71.3 Å². The number of benzene rings is 1. The number of halogens is 1. The number of para-hydroxylation sites is 1. The highest BCUT2D eigenvalue weighted by atomic mass is 31.2. The van der Waals surface area contributed by atoms with Crippen molar-refractivity contribution < 1.29 is 56.5 Å². The van der Waals surface area contributed by atoms with Crippen LogP contribution in [-0.2, 0) is 39.2 Å². The number of hydrogen-bond donors (Lipinski definition) is 5. The average Bonchev–Trinajstić information content (AvgIpc) is 3.59. The third kappa shape index (κ3) is 8.78. The van der Waals surface area contributed by atoms with Crippen LogP contribution in [0.4, 0.5) is 4.39 Å². The number of ether oxygens (including phenoxy) is 2. The van der Waals surface area contributed by atoms with Gasteiger partial charge in [-0.05, 0) is 37.1 Å². The van der Waals surface area contributed by atoms with E-state index in [-0.39, 0.29) is 35.0 Å². The van der Waals surface area contributed by atoms with Crippen molar-refractivity contribution >= 4 is 26.8 Å². The van der Waals surface area contributed by atoms with Crippen LogP contribution >= 0.6 is 15.3 Å². The SMILES string of the molecule is CCC(CC)COC(=O)[C@H](C)N[P@](=O)(OC[C@@]1(CF)O[C@@H](c2ccc3c(=N)n(COP(C)(=O)O)cnn23)[C@H](O)[C@@H]1O)Oc1ccccc1. The zero-order chi connectivity index (χ0) is 35.3. The van der Waals surface area contributed by atoms with Crippen LogP contribution in [0.25, 0.3) is 5.52 Å². The Kier molecular flexibility index (Phi) is 12.4. The van der Waals surface area contributed by atoms with Crippen LogP contribution in [0.3, 0.4) is 0 Å². The second kappa shape index (κ2) is 15.7. The van der Waals surface area contributed by atoms with Crippen LogP contribution in [0.15, 0.2) is 48.8 Å². The maximum absolute atomic E-state index is 14.8. The molecule has 1 saturated heterocycles. The predicted molar refractivity (Wildman–Crippen MR) is 169 cm³/mol. The molecule has 1 aliphatic heterocycles. The molecule has 0 spiro atoms. The predicted octanol–water partition coefficient (Wildman–Crippen LogP) is 3.07. The van der Waals surface area contributed by atoms with E-state index in [0.717, 1.165) is 30.4 Å². The van der Waals surface area contributed by atoms with E-state index in [9.17, 15) is 33.4 Å². The number of hydrogen-bond acceptors (Lipinski definition) is 12. The Morgan fingerprint density at radius 3 is 2.48 bits per heavy atom. The summed E-state index contributed by atoms with van der Waals surface area (Å²) in [6, 6.07) is 9.62. The molecule has 0 aliphatic carbocycles. The van der Waals surface area contributed by atoms with Gasteiger partial charge in [-0.15, -0.1) is 0 Å². The topological polar surface area (TPSA) is 216 Å². The Labute approximate surface area is 276 Å². The molecule has 1 aromatic carbocycles. The first-order chi connectivity index (χ1) is 22.7. The van der Waals surface area contributed by atoms with Crippen molar-refractivity contribution in [2.75, 3.05) is 26.6 Å². The lowest BCUT2D eigenvalue weighted by molar-refractivity contribution is -0.146. The van der Waals surface area contributed by atoms with E-state index in [1.165, 1.54) is 35.7 Å². The van der Waals surface area contributed by atoms with Gasteiger partial charge >= 0.3 is 21.3 Å². The zero-order valence-electron chi connectivity index (χ0n) is 27.0. The van der Waals surface area contributed by atoms with Gasteiger partial charge in [-0.3, -0.25) is 28.4 Å². The van der Waals surface area contributed by atoms with Crippen molar-refractivity contribution in [3.05, 3.63) is 60.0 Å². The summed E-state index contributed by atoms with van der Waals surface area (Å²) in [7, 11) is -8.34. The van der Waals surface area contributed by atoms with E-state index >= 15 is 0 Å². The minimum absolute atomic E-state index is 0.103. The number of nitrogens with one attached hydrogen (secondary N) is 2. The quantitative estimate of drug-likeness (QED) is 0.100. The number of esters is 1. The smallest absolute Gasteiger partial charge is 0.459 e. The molecular weight excluding hydrogens is 675 g/mol. The van der Waals surface area contributed by atoms with Gasteiger partial charge in [0.25, 0.3) is 0 Å². The number of fused-ring (bicyclic) bond motifs is 1. The Balaban J connectivity index is 1.56. The summed E-state index contributed by atoms with van der Waals surface area (Å²) in [5.41, 5.74) is -2.11. The van der Waals surface area contributed by atoms with Crippen molar-refractivity contribution in [3.63, 3.8) is 0 Å². The fraction of sp³-hybridized carbons (Fsp3) is 0.552. The van der Waals surface area contributed by atoms with Gasteiger partial charge in [-0.2, -0.15) is 10.2 Å². The summed E-state index contributed by atoms with van der Waals surface area (Å²) in [4.78, 5) is 22.2. The molecule has 0 saturated carbocycles. The Morgan fingerprint density at radius 1 is 1.17 bits per heavy atom. The monoisotopic (exact) mass is 717 g/mol. The lowest BCUT2D eigenvalue weighted by atomic mass is 9.96. The molecular formula is C29H42FN5O11P2. The number of nitrogens with zero attached hydrogens (tertiary/aromatic N) is 3. The lowest BCUT2D eigenvalue weighted by Crippen LogP contribution is -2.49. The molecule has 0 bridgehead atoms. The largest absolute Gasteiger partial charge is 0.464 e. The van der Waals surface area contributed by atoms with Gasteiger partial charge in [0, 0.05) is 6.66 Å². The number of carbonyl (C=O) groups excluding carboxylic acids is 1.